The summed E-state index contributed by atoms with van der Waals surface area (Å²) in [4.78, 5) is -3.43. The molecule has 0 aromatic heterocycles. The molecule has 0 aliphatic carbocycles. The molecule has 0 heterocycles. The van der Waals surface area contributed by atoms with Crippen molar-refractivity contribution in [2.75, 3.05) is 12.8 Å². The third kappa shape index (κ3) is 7.75. The van der Waals surface area contributed by atoms with Crippen LogP contribution < -0.4 is 11.1 Å². The standard InChI is InChI=1S/C24H22N6O13S4/c1-26-11-12-2-7-16(17(8-12)45(35,36)37)28-30-23-19(47(41,42)43)10-13-9-18(46(38,39)40)22(21(25)20(13)24(23)31)29-27-14-3-5-15(6-4-14)44(32,33)34/h2-10,26,31H,11,25H2,1H3,(H,32,33,34)(H,35,36,37)(H,38,39,40)(H,41,42,43). The molecule has 0 saturated heterocycles. The van der Waals surface area contributed by atoms with E-state index in [0.29, 0.717) is 17.7 Å². The number of rotatable bonds is 10. The van der Waals surface area contributed by atoms with Gasteiger partial charge in [0.05, 0.1) is 21.7 Å². The lowest BCUT2D eigenvalue weighted by Crippen LogP contribution is -2.06. The van der Waals surface area contributed by atoms with Crippen LogP contribution in [0.15, 0.2) is 94.6 Å². The second kappa shape index (κ2) is 12.6. The van der Waals surface area contributed by atoms with E-state index in [9.17, 15) is 52.4 Å². The van der Waals surface area contributed by atoms with Gasteiger partial charge in [0, 0.05) is 6.54 Å². The van der Waals surface area contributed by atoms with E-state index in [-0.39, 0.29) is 12.2 Å². The third-order valence-electron chi connectivity index (χ3n) is 6.21. The molecular formula is C24H22N6O13S4. The minimum absolute atomic E-state index is 0.103. The Morgan fingerprint density at radius 2 is 1.19 bits per heavy atom. The number of azo groups is 2. The first-order valence-electron chi connectivity index (χ1n) is 12.4. The minimum atomic E-state index is -5.28. The highest BCUT2D eigenvalue weighted by atomic mass is 32.2. The Hall–Kier alpha value is -4.46. The van der Waals surface area contributed by atoms with E-state index in [1.165, 1.54) is 6.07 Å². The van der Waals surface area contributed by atoms with Crippen LogP contribution in [0.5, 0.6) is 5.75 Å². The molecule has 250 valence electrons. The van der Waals surface area contributed by atoms with Gasteiger partial charge in [-0.3, -0.25) is 18.2 Å². The number of nitrogens with zero attached hydrogens (tertiary/aromatic N) is 4. The van der Waals surface area contributed by atoms with Crippen molar-refractivity contribution < 1.29 is 57.0 Å². The molecule has 4 rings (SSSR count). The second-order valence-corrected chi connectivity index (χ2v) is 15.0. The zero-order chi connectivity index (χ0) is 35.1. The summed E-state index contributed by atoms with van der Waals surface area (Å²) in [5.41, 5.74) is 3.38. The van der Waals surface area contributed by atoms with Gasteiger partial charge in [0.2, 0.25) is 0 Å². The van der Waals surface area contributed by atoms with Crippen molar-refractivity contribution in [1.29, 1.82) is 0 Å². The van der Waals surface area contributed by atoms with Crippen molar-refractivity contribution in [3.63, 3.8) is 0 Å². The lowest BCUT2D eigenvalue weighted by atomic mass is 10.1. The lowest BCUT2D eigenvalue weighted by molar-refractivity contribution is 0.472. The van der Waals surface area contributed by atoms with Crippen LogP contribution in [0, 0.1) is 0 Å². The van der Waals surface area contributed by atoms with Crippen LogP contribution in [0.2, 0.25) is 0 Å². The maximum atomic E-state index is 12.3. The van der Waals surface area contributed by atoms with Gasteiger partial charge in [-0.1, -0.05) is 6.07 Å². The van der Waals surface area contributed by atoms with Gasteiger partial charge < -0.3 is 16.2 Å². The highest BCUT2D eigenvalue weighted by molar-refractivity contribution is 7.86. The first-order chi connectivity index (χ1) is 21.6. The highest BCUT2D eigenvalue weighted by Crippen LogP contribution is 2.48. The van der Waals surface area contributed by atoms with Gasteiger partial charge in [-0.2, -0.15) is 38.8 Å². The van der Waals surface area contributed by atoms with Crippen LogP contribution in [0.4, 0.5) is 28.4 Å². The first kappa shape index (κ1) is 35.4. The molecule has 23 heteroatoms. The van der Waals surface area contributed by atoms with Gasteiger partial charge >= 0.3 is 0 Å². The van der Waals surface area contributed by atoms with E-state index in [2.05, 4.69) is 25.8 Å². The van der Waals surface area contributed by atoms with Crippen LogP contribution in [0.25, 0.3) is 10.8 Å². The maximum absolute atomic E-state index is 12.3. The number of fused-ring (bicyclic) bond motifs is 1. The molecule has 0 aliphatic rings. The van der Waals surface area contributed by atoms with Crippen molar-refractivity contribution in [3.05, 3.63) is 60.2 Å². The molecule has 4 aromatic carbocycles. The van der Waals surface area contributed by atoms with Gasteiger partial charge in [-0.15, -0.1) is 15.3 Å². The number of hydrogen-bond acceptors (Lipinski definition) is 15. The maximum Gasteiger partial charge on any atom is 0.296 e. The Labute approximate surface area is 266 Å². The molecule has 19 nitrogen and oxygen atoms in total. The number of nitrogens with two attached hydrogens (primary N) is 1. The summed E-state index contributed by atoms with van der Waals surface area (Å²) in [6, 6.07) is 8.84. The number of aromatic hydroxyl groups is 1. The minimum Gasteiger partial charge on any atom is -0.505 e. The monoisotopic (exact) mass is 730 g/mol. The SMILES string of the molecule is CNCc1ccc(N=Nc2c(S(=O)(=O)O)cc3cc(S(=O)(=O)O)c(N=Nc4ccc(S(=O)(=O)O)cc4)c(N)c3c2O)c(S(=O)(=O)O)c1. The van der Waals surface area contributed by atoms with Gasteiger partial charge in [0.15, 0.2) is 5.75 Å². The van der Waals surface area contributed by atoms with E-state index < -0.39 is 99.3 Å². The molecular weight excluding hydrogens is 709 g/mol. The molecule has 0 aliphatic heterocycles. The topological polar surface area (TPSA) is 325 Å². The fourth-order valence-electron chi connectivity index (χ4n) is 4.16. The van der Waals surface area contributed by atoms with E-state index in [1.807, 2.05) is 0 Å². The number of hydrogen-bond donors (Lipinski definition) is 7. The number of phenolic OH excluding ortho intramolecular Hbond substituents is 1. The molecule has 0 unspecified atom stereocenters. The summed E-state index contributed by atoms with van der Waals surface area (Å²) in [6.45, 7) is 0.179. The molecule has 0 amide bonds. The predicted molar refractivity (Wildman–Crippen MR) is 163 cm³/mol. The summed E-state index contributed by atoms with van der Waals surface area (Å²) in [7, 11) is -18.4. The molecule has 8 N–H and O–H groups in total. The average Bonchev–Trinajstić information content (AvgIpc) is 2.94. The van der Waals surface area contributed by atoms with E-state index in [1.54, 1.807) is 7.05 Å². The molecule has 0 saturated carbocycles. The van der Waals surface area contributed by atoms with Gasteiger partial charge in [-0.05, 0) is 66.5 Å². The molecule has 4 aromatic rings. The fraction of sp³-hybridized carbons (Fsp3) is 0.0833. The lowest BCUT2D eigenvalue weighted by Gasteiger charge is -2.14. The fourth-order valence-corrected chi connectivity index (χ4v) is 6.64. The Morgan fingerprint density at radius 3 is 1.70 bits per heavy atom. The Morgan fingerprint density at radius 1 is 0.660 bits per heavy atom. The zero-order valence-corrected chi connectivity index (χ0v) is 26.7. The number of benzene rings is 4. The highest BCUT2D eigenvalue weighted by Gasteiger charge is 2.28. The summed E-state index contributed by atoms with van der Waals surface area (Å²) in [5, 5.41) is 27.6. The Kier molecular flexibility index (Phi) is 9.51. The van der Waals surface area contributed by atoms with Crippen molar-refractivity contribution in [2.45, 2.75) is 26.1 Å². The van der Waals surface area contributed by atoms with Crippen LogP contribution >= 0.6 is 0 Å². The Balaban J connectivity index is 1.99. The van der Waals surface area contributed by atoms with E-state index in [0.717, 1.165) is 36.4 Å². The third-order valence-corrected chi connectivity index (χ3v) is 9.70. The zero-order valence-electron chi connectivity index (χ0n) is 23.4. The van der Waals surface area contributed by atoms with Crippen LogP contribution in [0.3, 0.4) is 0 Å². The average molecular weight is 731 g/mol. The van der Waals surface area contributed by atoms with E-state index in [4.69, 9.17) is 10.3 Å². The molecule has 47 heavy (non-hydrogen) atoms. The summed E-state index contributed by atoms with van der Waals surface area (Å²) in [5.74, 6) is -1.13. The van der Waals surface area contributed by atoms with Crippen LogP contribution in [0.1, 0.15) is 5.56 Å². The van der Waals surface area contributed by atoms with Crippen LogP contribution in [-0.2, 0) is 47.0 Å². The van der Waals surface area contributed by atoms with Crippen molar-refractivity contribution in [3.8, 4) is 5.75 Å². The first-order valence-corrected chi connectivity index (χ1v) is 18.1. The normalized spacial score (nSPS) is 13.2. The molecule has 0 atom stereocenters. The summed E-state index contributed by atoms with van der Waals surface area (Å²) < 4.78 is 134. The molecule has 0 radical (unpaired) electrons. The molecule has 0 spiro atoms. The number of anilines is 1. The molecule has 0 fully saturated rings. The van der Waals surface area contributed by atoms with Crippen molar-refractivity contribution in [1.82, 2.24) is 5.32 Å². The second-order valence-electron chi connectivity index (χ2n) is 9.43. The number of nitrogens with one attached hydrogen (secondary N) is 1. The summed E-state index contributed by atoms with van der Waals surface area (Å²) >= 11 is 0. The van der Waals surface area contributed by atoms with E-state index >= 15 is 0 Å². The van der Waals surface area contributed by atoms with Crippen molar-refractivity contribution in [2.24, 2.45) is 20.5 Å². The van der Waals surface area contributed by atoms with Crippen molar-refractivity contribution >= 4 is 79.7 Å². The van der Waals surface area contributed by atoms with Gasteiger partial charge in [0.1, 0.15) is 31.7 Å². The quantitative estimate of drug-likeness (QED) is 0.0695. The number of nitrogen functional groups attached to an aromatic ring is 1. The Bertz CT molecular complexity index is 2430. The smallest absolute Gasteiger partial charge is 0.296 e. The summed E-state index contributed by atoms with van der Waals surface area (Å²) in [6.07, 6.45) is 0. The van der Waals surface area contributed by atoms with Crippen LogP contribution in [-0.4, -0.2) is 64.0 Å². The predicted octanol–water partition coefficient (Wildman–Crippen LogP) is 3.66. The van der Waals surface area contributed by atoms with Gasteiger partial charge in [-0.25, -0.2) is 0 Å². The van der Waals surface area contributed by atoms with Gasteiger partial charge in [0.25, 0.3) is 40.5 Å². The molecule has 0 bridgehead atoms. The largest absolute Gasteiger partial charge is 0.505 e. The number of phenols is 1.